The molecule has 0 saturated heterocycles. The first-order valence-electron chi connectivity index (χ1n) is 8.75. The van der Waals surface area contributed by atoms with E-state index in [4.69, 9.17) is 5.26 Å². The SMILES string of the molecule is N#CCC[C@@H](C#N)CSc1nc2ccccc2c(=O)n1Cc1ccc(F)cc1. The van der Waals surface area contributed by atoms with Gasteiger partial charge in [-0.2, -0.15) is 10.5 Å². The molecule has 5 nitrogen and oxygen atoms in total. The lowest BCUT2D eigenvalue weighted by atomic mass is 10.1. The van der Waals surface area contributed by atoms with Crippen molar-refractivity contribution in [2.75, 3.05) is 5.75 Å². The van der Waals surface area contributed by atoms with E-state index >= 15 is 0 Å². The van der Waals surface area contributed by atoms with Gasteiger partial charge in [0.2, 0.25) is 0 Å². The zero-order valence-electron chi connectivity index (χ0n) is 15.0. The van der Waals surface area contributed by atoms with Gasteiger partial charge in [-0.25, -0.2) is 9.37 Å². The molecule has 0 radical (unpaired) electrons. The highest BCUT2D eigenvalue weighted by Crippen LogP contribution is 2.23. The maximum absolute atomic E-state index is 13.2. The van der Waals surface area contributed by atoms with Crippen LogP contribution >= 0.6 is 11.8 Å². The highest BCUT2D eigenvalue weighted by Gasteiger charge is 2.15. The van der Waals surface area contributed by atoms with Crippen LogP contribution in [0.4, 0.5) is 4.39 Å². The summed E-state index contributed by atoms with van der Waals surface area (Å²) in [5.74, 6) is -0.198. The Morgan fingerprint density at radius 1 is 1.14 bits per heavy atom. The number of rotatable bonds is 7. The lowest BCUT2D eigenvalue weighted by Gasteiger charge is -2.14. The molecule has 0 aliphatic heterocycles. The number of halogens is 1. The summed E-state index contributed by atoms with van der Waals surface area (Å²) in [6, 6.07) is 17.3. The molecule has 0 unspecified atom stereocenters. The normalized spacial score (nSPS) is 11.7. The number of hydrogen-bond acceptors (Lipinski definition) is 5. The fraction of sp³-hybridized carbons (Fsp3) is 0.238. The molecule has 0 aliphatic carbocycles. The van der Waals surface area contributed by atoms with Crippen LogP contribution in [0.25, 0.3) is 10.9 Å². The summed E-state index contributed by atoms with van der Waals surface area (Å²) >= 11 is 1.33. The quantitative estimate of drug-likeness (QED) is 0.446. The van der Waals surface area contributed by atoms with Gasteiger partial charge in [-0.3, -0.25) is 9.36 Å². The predicted molar refractivity (Wildman–Crippen MR) is 106 cm³/mol. The standard InChI is InChI=1S/C21H17FN4OS/c22-17-9-7-15(8-10-17)13-26-20(27)18-5-1-2-6-19(18)25-21(26)28-14-16(12-24)4-3-11-23/h1-2,5-10,16H,3-4,13-14H2/t16-/m0/s1. The van der Waals surface area contributed by atoms with E-state index in [-0.39, 0.29) is 23.8 Å². The summed E-state index contributed by atoms with van der Waals surface area (Å²) in [5, 5.41) is 19.0. The van der Waals surface area contributed by atoms with Crippen LogP contribution in [-0.4, -0.2) is 15.3 Å². The topological polar surface area (TPSA) is 82.5 Å². The van der Waals surface area contributed by atoms with E-state index in [1.54, 1.807) is 34.9 Å². The maximum Gasteiger partial charge on any atom is 0.262 e. The molecule has 7 heteroatoms. The third-order valence-electron chi connectivity index (χ3n) is 4.28. The van der Waals surface area contributed by atoms with Gasteiger partial charge in [0.15, 0.2) is 5.16 Å². The molecule has 0 N–H and O–H groups in total. The van der Waals surface area contributed by atoms with E-state index in [1.165, 1.54) is 23.9 Å². The van der Waals surface area contributed by atoms with E-state index in [2.05, 4.69) is 17.1 Å². The second kappa shape index (κ2) is 9.16. The molecule has 0 bridgehead atoms. The van der Waals surface area contributed by atoms with Gasteiger partial charge >= 0.3 is 0 Å². The molecule has 2 aromatic carbocycles. The summed E-state index contributed by atoms with van der Waals surface area (Å²) in [5.41, 5.74) is 1.20. The molecule has 3 rings (SSSR count). The van der Waals surface area contributed by atoms with Crippen LogP contribution in [-0.2, 0) is 6.54 Å². The fourth-order valence-electron chi connectivity index (χ4n) is 2.77. The Labute approximate surface area is 166 Å². The molecule has 1 heterocycles. The van der Waals surface area contributed by atoms with Crippen molar-refractivity contribution in [1.29, 1.82) is 10.5 Å². The smallest absolute Gasteiger partial charge is 0.262 e. The fourth-order valence-corrected chi connectivity index (χ4v) is 3.83. The molecular formula is C21H17FN4OS. The number of fused-ring (bicyclic) bond motifs is 1. The Balaban J connectivity index is 1.97. The Morgan fingerprint density at radius 3 is 2.61 bits per heavy atom. The highest BCUT2D eigenvalue weighted by atomic mass is 32.2. The van der Waals surface area contributed by atoms with Crippen LogP contribution in [0.15, 0.2) is 58.5 Å². The number of aromatic nitrogens is 2. The monoisotopic (exact) mass is 392 g/mol. The Hall–Kier alpha value is -3.16. The van der Waals surface area contributed by atoms with Crippen molar-refractivity contribution in [1.82, 2.24) is 9.55 Å². The van der Waals surface area contributed by atoms with Gasteiger partial charge in [0.25, 0.3) is 5.56 Å². The average Bonchev–Trinajstić information content (AvgIpc) is 2.72. The number of thioether (sulfide) groups is 1. The molecule has 1 atom stereocenters. The highest BCUT2D eigenvalue weighted by molar-refractivity contribution is 7.99. The molecule has 1 aromatic heterocycles. The van der Waals surface area contributed by atoms with E-state index in [9.17, 15) is 14.4 Å². The van der Waals surface area contributed by atoms with Gasteiger partial charge in [-0.05, 0) is 36.2 Å². The van der Waals surface area contributed by atoms with Gasteiger partial charge in [0.05, 0.1) is 35.5 Å². The van der Waals surface area contributed by atoms with E-state index in [0.717, 1.165) is 5.56 Å². The van der Waals surface area contributed by atoms with Crippen molar-refractivity contribution in [3.63, 3.8) is 0 Å². The summed E-state index contributed by atoms with van der Waals surface area (Å²) in [7, 11) is 0. The molecule has 3 aromatic rings. The van der Waals surface area contributed by atoms with Crippen molar-refractivity contribution in [2.45, 2.75) is 24.5 Å². The lowest BCUT2D eigenvalue weighted by Crippen LogP contribution is -2.24. The maximum atomic E-state index is 13.2. The Bertz CT molecular complexity index is 1110. The van der Waals surface area contributed by atoms with Crippen LogP contribution in [0.1, 0.15) is 18.4 Å². The first-order valence-corrected chi connectivity index (χ1v) is 9.74. The minimum absolute atomic E-state index is 0.178. The van der Waals surface area contributed by atoms with Crippen LogP contribution in [0.3, 0.4) is 0 Å². The number of hydrogen-bond donors (Lipinski definition) is 0. The van der Waals surface area contributed by atoms with Crippen LogP contribution < -0.4 is 5.56 Å². The molecule has 0 fully saturated rings. The number of nitriles is 2. The van der Waals surface area contributed by atoms with Crippen molar-refractivity contribution in [3.05, 3.63) is 70.3 Å². The van der Waals surface area contributed by atoms with E-state index in [0.29, 0.717) is 34.7 Å². The molecule has 0 saturated carbocycles. The van der Waals surface area contributed by atoms with Crippen molar-refractivity contribution >= 4 is 22.7 Å². The zero-order chi connectivity index (χ0) is 19.9. The third-order valence-corrected chi connectivity index (χ3v) is 5.42. The molecule has 140 valence electrons. The first kappa shape index (κ1) is 19.6. The molecule has 0 spiro atoms. The molecule has 28 heavy (non-hydrogen) atoms. The predicted octanol–water partition coefficient (Wildman–Crippen LogP) is 4.12. The number of nitrogens with zero attached hydrogens (tertiary/aromatic N) is 4. The molecular weight excluding hydrogens is 375 g/mol. The summed E-state index contributed by atoms with van der Waals surface area (Å²) in [6.07, 6.45) is 0.794. The number of benzene rings is 2. The van der Waals surface area contributed by atoms with E-state index in [1.807, 2.05) is 6.07 Å². The minimum Gasteiger partial charge on any atom is -0.283 e. The van der Waals surface area contributed by atoms with Gasteiger partial charge < -0.3 is 0 Å². The Morgan fingerprint density at radius 2 is 1.89 bits per heavy atom. The van der Waals surface area contributed by atoms with Gasteiger partial charge in [-0.15, -0.1) is 0 Å². The largest absolute Gasteiger partial charge is 0.283 e. The van der Waals surface area contributed by atoms with Gasteiger partial charge in [-0.1, -0.05) is 36.0 Å². The summed E-state index contributed by atoms with van der Waals surface area (Å²) < 4.78 is 14.8. The average molecular weight is 392 g/mol. The van der Waals surface area contributed by atoms with Gasteiger partial charge in [0.1, 0.15) is 5.82 Å². The summed E-state index contributed by atoms with van der Waals surface area (Å²) in [6.45, 7) is 0.259. The van der Waals surface area contributed by atoms with Crippen LogP contribution in [0.2, 0.25) is 0 Å². The van der Waals surface area contributed by atoms with Crippen LogP contribution in [0.5, 0.6) is 0 Å². The van der Waals surface area contributed by atoms with Crippen molar-refractivity contribution in [3.8, 4) is 12.1 Å². The molecule has 0 amide bonds. The zero-order valence-corrected chi connectivity index (χ0v) is 15.8. The Kier molecular flexibility index (Phi) is 6.41. The second-order valence-corrected chi connectivity index (χ2v) is 7.25. The van der Waals surface area contributed by atoms with Crippen molar-refractivity contribution in [2.24, 2.45) is 5.92 Å². The van der Waals surface area contributed by atoms with Gasteiger partial charge in [0, 0.05) is 12.2 Å². The van der Waals surface area contributed by atoms with E-state index < -0.39 is 0 Å². The lowest BCUT2D eigenvalue weighted by molar-refractivity contribution is 0.622. The first-order chi connectivity index (χ1) is 13.6. The number of para-hydroxylation sites is 1. The van der Waals surface area contributed by atoms with Crippen molar-refractivity contribution < 1.29 is 4.39 Å². The minimum atomic E-state index is -0.336. The summed E-state index contributed by atoms with van der Waals surface area (Å²) in [4.78, 5) is 17.6. The molecule has 0 aliphatic rings. The second-order valence-electron chi connectivity index (χ2n) is 6.26. The third kappa shape index (κ3) is 4.57. The van der Waals surface area contributed by atoms with Crippen LogP contribution in [0, 0.1) is 34.4 Å².